The fraction of sp³-hybridized carbons (Fsp3) is 0.250. The first-order valence-corrected chi connectivity index (χ1v) is 4.92. The average Bonchev–Trinajstić information content (AvgIpc) is 2.84. The van der Waals surface area contributed by atoms with Crippen molar-refractivity contribution in [1.29, 1.82) is 0 Å². The SMILES string of the molecule is COC(=O)c1cnc(-c2snnc2C)[nH]1. The molecule has 15 heavy (non-hydrogen) atoms. The summed E-state index contributed by atoms with van der Waals surface area (Å²) in [4.78, 5) is 18.9. The predicted octanol–water partition coefficient (Wildman–Crippen LogP) is 1.02. The number of rotatable bonds is 2. The van der Waals surface area contributed by atoms with Crippen LogP contribution < -0.4 is 0 Å². The molecule has 0 aliphatic carbocycles. The van der Waals surface area contributed by atoms with Gasteiger partial charge in [-0.25, -0.2) is 9.78 Å². The number of imidazole rings is 1. The third-order valence-corrected chi connectivity index (χ3v) is 2.68. The highest BCUT2D eigenvalue weighted by atomic mass is 32.1. The first-order chi connectivity index (χ1) is 7.22. The van der Waals surface area contributed by atoms with Crippen molar-refractivity contribution < 1.29 is 9.53 Å². The molecular weight excluding hydrogens is 216 g/mol. The Kier molecular flexibility index (Phi) is 2.46. The van der Waals surface area contributed by atoms with Gasteiger partial charge in [-0.15, -0.1) is 5.10 Å². The highest BCUT2D eigenvalue weighted by Crippen LogP contribution is 2.22. The molecule has 2 aromatic rings. The van der Waals surface area contributed by atoms with E-state index in [0.717, 1.165) is 10.6 Å². The molecular formula is C8H8N4O2S. The second-order valence-electron chi connectivity index (χ2n) is 2.82. The van der Waals surface area contributed by atoms with Crippen LogP contribution in [0, 0.1) is 6.92 Å². The molecule has 0 saturated carbocycles. The van der Waals surface area contributed by atoms with Crippen LogP contribution in [0.25, 0.3) is 10.7 Å². The van der Waals surface area contributed by atoms with E-state index in [2.05, 4.69) is 24.3 Å². The number of nitrogens with one attached hydrogen (secondary N) is 1. The number of carbonyl (C=O) groups excluding carboxylic acids is 1. The minimum absolute atomic E-state index is 0.320. The van der Waals surface area contributed by atoms with Gasteiger partial charge in [-0.1, -0.05) is 4.49 Å². The lowest BCUT2D eigenvalue weighted by atomic mass is 10.4. The summed E-state index contributed by atoms with van der Waals surface area (Å²) in [5.41, 5.74) is 1.10. The van der Waals surface area contributed by atoms with E-state index in [1.165, 1.54) is 24.8 Å². The Morgan fingerprint density at radius 1 is 1.60 bits per heavy atom. The highest BCUT2D eigenvalue weighted by molar-refractivity contribution is 7.09. The molecule has 0 saturated heterocycles. The zero-order valence-electron chi connectivity index (χ0n) is 8.14. The summed E-state index contributed by atoms with van der Waals surface area (Å²) in [7, 11) is 1.32. The monoisotopic (exact) mass is 224 g/mol. The molecule has 0 amide bonds. The molecule has 1 N–H and O–H groups in total. The summed E-state index contributed by atoms with van der Waals surface area (Å²) in [5, 5.41) is 3.86. The number of aromatic nitrogens is 4. The van der Waals surface area contributed by atoms with Crippen molar-refractivity contribution in [3.63, 3.8) is 0 Å². The number of hydrogen-bond donors (Lipinski definition) is 1. The molecule has 2 aromatic heterocycles. The van der Waals surface area contributed by atoms with Gasteiger partial charge >= 0.3 is 5.97 Å². The van der Waals surface area contributed by atoms with Gasteiger partial charge in [0.15, 0.2) is 5.82 Å². The van der Waals surface area contributed by atoms with E-state index in [1.807, 2.05) is 6.92 Å². The second-order valence-corrected chi connectivity index (χ2v) is 3.58. The van der Waals surface area contributed by atoms with Gasteiger partial charge in [0.2, 0.25) is 0 Å². The Balaban J connectivity index is 2.36. The molecule has 0 fully saturated rings. The molecule has 0 atom stereocenters. The van der Waals surface area contributed by atoms with Gasteiger partial charge in [0, 0.05) is 0 Å². The first-order valence-electron chi connectivity index (χ1n) is 4.15. The van der Waals surface area contributed by atoms with Crippen molar-refractivity contribution in [1.82, 2.24) is 19.6 Å². The highest BCUT2D eigenvalue weighted by Gasteiger charge is 2.13. The minimum Gasteiger partial charge on any atom is -0.464 e. The average molecular weight is 224 g/mol. The molecule has 0 spiro atoms. The number of aryl methyl sites for hydroxylation is 1. The van der Waals surface area contributed by atoms with Crippen molar-refractivity contribution in [3.05, 3.63) is 17.6 Å². The lowest BCUT2D eigenvalue weighted by molar-refractivity contribution is 0.0595. The Bertz CT molecular complexity index is 490. The number of esters is 1. The fourth-order valence-corrected chi connectivity index (χ4v) is 1.71. The summed E-state index contributed by atoms with van der Waals surface area (Å²) in [6.07, 6.45) is 1.43. The molecule has 0 aromatic carbocycles. The van der Waals surface area contributed by atoms with Crippen molar-refractivity contribution in [2.45, 2.75) is 6.92 Å². The number of nitrogens with zero attached hydrogens (tertiary/aromatic N) is 3. The normalized spacial score (nSPS) is 10.3. The van der Waals surface area contributed by atoms with Gasteiger partial charge in [-0.05, 0) is 18.5 Å². The van der Waals surface area contributed by atoms with E-state index < -0.39 is 5.97 Å². The Hall–Kier alpha value is -1.76. The van der Waals surface area contributed by atoms with E-state index in [-0.39, 0.29) is 0 Å². The van der Waals surface area contributed by atoms with Crippen LogP contribution in [0.5, 0.6) is 0 Å². The lowest BCUT2D eigenvalue weighted by Gasteiger charge is -1.93. The maximum absolute atomic E-state index is 11.2. The summed E-state index contributed by atoms with van der Waals surface area (Å²) in [6, 6.07) is 0. The maximum atomic E-state index is 11.2. The van der Waals surface area contributed by atoms with Crippen molar-refractivity contribution >= 4 is 17.5 Å². The molecule has 78 valence electrons. The Morgan fingerprint density at radius 2 is 2.40 bits per heavy atom. The molecule has 0 radical (unpaired) electrons. The number of ether oxygens (including phenoxy) is 1. The Labute approximate surface area is 89.5 Å². The van der Waals surface area contributed by atoms with Crippen LogP contribution >= 0.6 is 11.5 Å². The van der Waals surface area contributed by atoms with Crippen molar-refractivity contribution in [2.75, 3.05) is 7.11 Å². The quantitative estimate of drug-likeness (QED) is 0.770. The number of hydrogen-bond acceptors (Lipinski definition) is 6. The van der Waals surface area contributed by atoms with Gasteiger partial charge in [0.1, 0.15) is 10.6 Å². The van der Waals surface area contributed by atoms with E-state index in [0.29, 0.717) is 11.5 Å². The van der Waals surface area contributed by atoms with Crippen LogP contribution in [0.4, 0.5) is 0 Å². The molecule has 0 aliphatic heterocycles. The summed E-state index contributed by atoms with van der Waals surface area (Å²) >= 11 is 1.23. The van der Waals surface area contributed by atoms with Crippen LogP contribution in [-0.4, -0.2) is 32.6 Å². The van der Waals surface area contributed by atoms with Gasteiger partial charge < -0.3 is 9.72 Å². The first kappa shape index (κ1) is 9.78. The van der Waals surface area contributed by atoms with Crippen LogP contribution in [0.15, 0.2) is 6.20 Å². The lowest BCUT2D eigenvalue weighted by Crippen LogP contribution is -2.00. The Morgan fingerprint density at radius 3 is 3.00 bits per heavy atom. The van der Waals surface area contributed by atoms with E-state index in [9.17, 15) is 4.79 Å². The summed E-state index contributed by atoms with van der Waals surface area (Å²) in [5.74, 6) is 0.145. The number of carbonyl (C=O) groups is 1. The van der Waals surface area contributed by atoms with Gasteiger partial charge in [-0.2, -0.15) is 0 Å². The maximum Gasteiger partial charge on any atom is 0.356 e. The summed E-state index contributed by atoms with van der Waals surface area (Å²) in [6.45, 7) is 1.83. The second kappa shape index (κ2) is 3.77. The van der Waals surface area contributed by atoms with E-state index >= 15 is 0 Å². The zero-order valence-corrected chi connectivity index (χ0v) is 8.96. The smallest absolute Gasteiger partial charge is 0.356 e. The van der Waals surface area contributed by atoms with Gasteiger partial charge in [0.25, 0.3) is 0 Å². The van der Waals surface area contributed by atoms with Crippen LogP contribution in [0.1, 0.15) is 16.2 Å². The molecule has 7 heteroatoms. The van der Waals surface area contributed by atoms with Crippen LogP contribution in [0.3, 0.4) is 0 Å². The summed E-state index contributed by atoms with van der Waals surface area (Å²) < 4.78 is 8.35. The van der Waals surface area contributed by atoms with Gasteiger partial charge in [0.05, 0.1) is 19.0 Å². The minimum atomic E-state index is -0.441. The number of methoxy groups -OCH3 is 1. The van der Waals surface area contributed by atoms with Crippen LogP contribution in [0.2, 0.25) is 0 Å². The zero-order chi connectivity index (χ0) is 10.8. The molecule has 6 nitrogen and oxygen atoms in total. The van der Waals surface area contributed by atoms with E-state index in [4.69, 9.17) is 0 Å². The van der Waals surface area contributed by atoms with Crippen molar-refractivity contribution in [2.24, 2.45) is 0 Å². The third-order valence-electron chi connectivity index (χ3n) is 1.85. The third kappa shape index (κ3) is 1.73. The predicted molar refractivity (Wildman–Crippen MR) is 53.6 cm³/mol. The number of H-pyrrole nitrogens is 1. The fourth-order valence-electron chi connectivity index (χ4n) is 1.10. The topological polar surface area (TPSA) is 80.8 Å². The van der Waals surface area contributed by atoms with Crippen LogP contribution in [-0.2, 0) is 4.74 Å². The van der Waals surface area contributed by atoms with Crippen molar-refractivity contribution in [3.8, 4) is 10.7 Å². The van der Waals surface area contributed by atoms with Gasteiger partial charge in [-0.3, -0.25) is 0 Å². The molecule has 2 rings (SSSR count). The standard InChI is InChI=1S/C8H8N4O2S/c1-4-6(15-12-11-4)7-9-3-5(10-7)8(13)14-2/h3H,1-2H3,(H,9,10). The van der Waals surface area contributed by atoms with E-state index in [1.54, 1.807) is 0 Å². The molecule has 0 bridgehead atoms. The molecule has 0 unspecified atom stereocenters. The largest absolute Gasteiger partial charge is 0.464 e. The molecule has 0 aliphatic rings. The number of aromatic amines is 1. The molecule has 2 heterocycles.